The smallest absolute Gasteiger partial charge is 0.238 e. The van der Waals surface area contributed by atoms with Crippen LogP contribution in [0.15, 0.2) is 30.3 Å². The lowest BCUT2D eigenvalue weighted by Gasteiger charge is -2.37. The summed E-state index contributed by atoms with van der Waals surface area (Å²) >= 11 is 5.65. The summed E-state index contributed by atoms with van der Waals surface area (Å²) in [5.74, 6) is 0.138. The Labute approximate surface area is 101 Å². The normalized spacial score (nSPS) is 15.6. The first kappa shape index (κ1) is 11.5. The van der Waals surface area contributed by atoms with Gasteiger partial charge in [-0.3, -0.25) is 4.79 Å². The second-order valence-corrected chi connectivity index (χ2v) is 4.49. The van der Waals surface area contributed by atoms with Crippen LogP contribution in [0.25, 0.3) is 0 Å². The van der Waals surface area contributed by atoms with E-state index in [1.807, 2.05) is 35.2 Å². The van der Waals surface area contributed by atoms with Gasteiger partial charge in [-0.15, -0.1) is 11.6 Å². The topological polar surface area (TPSA) is 20.3 Å². The second kappa shape index (κ2) is 5.35. The Morgan fingerprint density at radius 2 is 2.00 bits per heavy atom. The second-order valence-electron chi connectivity index (χ2n) is 4.23. The number of benzene rings is 1. The summed E-state index contributed by atoms with van der Waals surface area (Å²) in [6, 6.07) is 10.5. The molecular weight excluding hydrogens is 222 g/mol. The molecule has 0 N–H and O–H groups in total. The molecule has 1 aromatic rings. The molecule has 1 aliphatic rings. The van der Waals surface area contributed by atoms with Gasteiger partial charge >= 0.3 is 0 Å². The highest BCUT2D eigenvalue weighted by Gasteiger charge is 2.27. The number of hydrogen-bond acceptors (Lipinski definition) is 1. The summed E-state index contributed by atoms with van der Waals surface area (Å²) in [7, 11) is 0. The van der Waals surface area contributed by atoms with Gasteiger partial charge in [0, 0.05) is 12.6 Å². The van der Waals surface area contributed by atoms with E-state index >= 15 is 0 Å². The first-order valence-corrected chi connectivity index (χ1v) is 6.24. The predicted molar refractivity (Wildman–Crippen MR) is 65.4 cm³/mol. The van der Waals surface area contributed by atoms with Gasteiger partial charge in [-0.1, -0.05) is 30.3 Å². The Kier molecular flexibility index (Phi) is 3.83. The van der Waals surface area contributed by atoms with Gasteiger partial charge in [-0.25, -0.2) is 0 Å². The van der Waals surface area contributed by atoms with E-state index in [0.29, 0.717) is 12.6 Å². The summed E-state index contributed by atoms with van der Waals surface area (Å²) in [5, 5.41) is 0. The first-order valence-electron chi connectivity index (χ1n) is 5.70. The molecule has 0 bridgehead atoms. The number of halogens is 1. The highest BCUT2D eigenvalue weighted by atomic mass is 35.5. The molecule has 1 amide bonds. The largest absolute Gasteiger partial charge is 0.334 e. The van der Waals surface area contributed by atoms with E-state index in [9.17, 15) is 4.79 Å². The van der Waals surface area contributed by atoms with Gasteiger partial charge in [0.05, 0.1) is 0 Å². The molecular formula is C13H16ClNO. The number of carbonyl (C=O) groups excluding carboxylic acids is 1. The molecule has 2 rings (SSSR count). The van der Waals surface area contributed by atoms with Crippen LogP contribution in [0.3, 0.4) is 0 Å². The van der Waals surface area contributed by atoms with Crippen LogP contribution in [0.1, 0.15) is 24.8 Å². The number of amides is 1. The van der Waals surface area contributed by atoms with Crippen LogP contribution in [0, 0.1) is 0 Å². The van der Waals surface area contributed by atoms with Gasteiger partial charge in [-0.2, -0.15) is 0 Å². The summed E-state index contributed by atoms with van der Waals surface area (Å²) in [4.78, 5) is 13.7. The average Bonchev–Trinajstić information content (AvgIpc) is 2.26. The summed E-state index contributed by atoms with van der Waals surface area (Å²) in [6.45, 7) is 0.692. The van der Waals surface area contributed by atoms with Crippen molar-refractivity contribution in [3.63, 3.8) is 0 Å². The zero-order valence-electron chi connectivity index (χ0n) is 9.23. The molecule has 86 valence electrons. The Balaban J connectivity index is 2.04. The van der Waals surface area contributed by atoms with Crippen LogP contribution >= 0.6 is 11.6 Å². The lowest BCUT2D eigenvalue weighted by molar-refractivity contribution is -0.133. The van der Waals surface area contributed by atoms with Gasteiger partial charge in [0.1, 0.15) is 5.88 Å². The molecule has 0 heterocycles. The minimum atomic E-state index is 0.0511. The van der Waals surface area contributed by atoms with Crippen molar-refractivity contribution in [2.75, 3.05) is 5.88 Å². The van der Waals surface area contributed by atoms with Crippen molar-refractivity contribution in [1.29, 1.82) is 0 Å². The maximum absolute atomic E-state index is 11.7. The molecule has 0 atom stereocenters. The predicted octanol–water partition coefficient (Wildman–Crippen LogP) is 2.81. The molecule has 0 radical (unpaired) electrons. The standard InChI is InChI=1S/C13H16ClNO/c14-9-13(16)15(12-7-4-8-12)10-11-5-2-1-3-6-11/h1-3,5-6,12H,4,7-10H2. The zero-order valence-corrected chi connectivity index (χ0v) is 9.99. The number of carbonyl (C=O) groups is 1. The highest BCUT2D eigenvalue weighted by molar-refractivity contribution is 6.27. The van der Waals surface area contributed by atoms with E-state index in [-0.39, 0.29) is 11.8 Å². The van der Waals surface area contributed by atoms with Crippen LogP contribution in [-0.4, -0.2) is 22.7 Å². The molecule has 16 heavy (non-hydrogen) atoms. The monoisotopic (exact) mass is 237 g/mol. The quantitative estimate of drug-likeness (QED) is 0.738. The van der Waals surface area contributed by atoms with Crippen LogP contribution in [0.4, 0.5) is 0 Å². The van der Waals surface area contributed by atoms with E-state index < -0.39 is 0 Å². The van der Waals surface area contributed by atoms with E-state index in [1.165, 1.54) is 12.0 Å². The molecule has 1 aliphatic carbocycles. The van der Waals surface area contributed by atoms with Crippen molar-refractivity contribution in [2.24, 2.45) is 0 Å². The number of rotatable bonds is 4. The average molecular weight is 238 g/mol. The fraction of sp³-hybridized carbons (Fsp3) is 0.462. The van der Waals surface area contributed by atoms with E-state index in [2.05, 4.69) is 0 Å². The van der Waals surface area contributed by atoms with E-state index in [1.54, 1.807) is 0 Å². The molecule has 1 saturated carbocycles. The van der Waals surface area contributed by atoms with Crippen molar-refractivity contribution >= 4 is 17.5 Å². The molecule has 0 unspecified atom stereocenters. The highest BCUT2D eigenvalue weighted by Crippen LogP contribution is 2.26. The third-order valence-electron chi connectivity index (χ3n) is 3.15. The maximum Gasteiger partial charge on any atom is 0.238 e. The lowest BCUT2D eigenvalue weighted by Crippen LogP contribution is -2.44. The van der Waals surface area contributed by atoms with Gasteiger partial charge in [-0.05, 0) is 24.8 Å². The zero-order chi connectivity index (χ0) is 11.4. The van der Waals surface area contributed by atoms with Crippen LogP contribution in [0.2, 0.25) is 0 Å². The van der Waals surface area contributed by atoms with Gasteiger partial charge in [0.25, 0.3) is 0 Å². The Bertz CT molecular complexity index is 348. The molecule has 0 aliphatic heterocycles. The van der Waals surface area contributed by atoms with Gasteiger partial charge < -0.3 is 4.90 Å². The molecule has 0 spiro atoms. The van der Waals surface area contributed by atoms with Crippen LogP contribution in [0.5, 0.6) is 0 Å². The van der Waals surface area contributed by atoms with Gasteiger partial charge in [0.15, 0.2) is 0 Å². The minimum absolute atomic E-state index is 0.0511. The third-order valence-corrected chi connectivity index (χ3v) is 3.37. The molecule has 0 aromatic heterocycles. The van der Waals surface area contributed by atoms with E-state index in [4.69, 9.17) is 11.6 Å². The van der Waals surface area contributed by atoms with Crippen LogP contribution < -0.4 is 0 Å². The molecule has 0 saturated heterocycles. The third kappa shape index (κ3) is 2.56. The molecule has 3 heteroatoms. The Morgan fingerprint density at radius 1 is 1.31 bits per heavy atom. The number of nitrogens with zero attached hydrogens (tertiary/aromatic N) is 1. The lowest BCUT2D eigenvalue weighted by atomic mass is 9.91. The molecule has 1 fully saturated rings. The summed E-state index contributed by atoms with van der Waals surface area (Å²) in [6.07, 6.45) is 3.47. The Hall–Kier alpha value is -1.02. The summed E-state index contributed by atoms with van der Waals surface area (Å²) < 4.78 is 0. The van der Waals surface area contributed by atoms with E-state index in [0.717, 1.165) is 12.8 Å². The number of hydrogen-bond donors (Lipinski definition) is 0. The SMILES string of the molecule is O=C(CCl)N(Cc1ccccc1)C1CCC1. The minimum Gasteiger partial charge on any atom is -0.334 e. The van der Waals surface area contributed by atoms with Crippen molar-refractivity contribution < 1.29 is 4.79 Å². The maximum atomic E-state index is 11.7. The van der Waals surface area contributed by atoms with Crippen LogP contribution in [-0.2, 0) is 11.3 Å². The summed E-state index contributed by atoms with van der Waals surface area (Å²) in [5.41, 5.74) is 1.17. The molecule has 1 aromatic carbocycles. The fourth-order valence-electron chi connectivity index (χ4n) is 1.98. The van der Waals surface area contributed by atoms with Crippen molar-refractivity contribution in [2.45, 2.75) is 31.8 Å². The molecule has 2 nitrogen and oxygen atoms in total. The van der Waals surface area contributed by atoms with Crippen molar-refractivity contribution in [3.8, 4) is 0 Å². The van der Waals surface area contributed by atoms with Crippen molar-refractivity contribution in [3.05, 3.63) is 35.9 Å². The fourth-order valence-corrected chi connectivity index (χ4v) is 2.13. The van der Waals surface area contributed by atoms with Gasteiger partial charge in [0.2, 0.25) is 5.91 Å². The Morgan fingerprint density at radius 3 is 2.50 bits per heavy atom. The van der Waals surface area contributed by atoms with Crippen molar-refractivity contribution in [1.82, 2.24) is 4.90 Å². The number of alkyl halides is 1. The first-order chi connectivity index (χ1) is 7.81.